The molecule has 102 valence electrons. The smallest absolute Gasteiger partial charge is 0.143 e. The van der Waals surface area contributed by atoms with E-state index in [0.717, 1.165) is 40.3 Å². The largest absolute Gasteiger partial charge is 0.464 e. The monoisotopic (exact) mass is 267 g/mol. The fourth-order valence-corrected chi connectivity index (χ4v) is 2.26. The summed E-state index contributed by atoms with van der Waals surface area (Å²) in [6, 6.07) is 9.99. The Morgan fingerprint density at radius 2 is 2.05 bits per heavy atom. The van der Waals surface area contributed by atoms with Gasteiger partial charge in [-0.05, 0) is 25.6 Å². The van der Waals surface area contributed by atoms with Crippen molar-refractivity contribution in [2.24, 2.45) is 0 Å². The van der Waals surface area contributed by atoms with Crippen molar-refractivity contribution in [3.8, 4) is 11.3 Å². The molecule has 20 heavy (non-hydrogen) atoms. The van der Waals surface area contributed by atoms with Gasteiger partial charge in [0.2, 0.25) is 0 Å². The molecule has 0 aliphatic rings. The number of aromatic nitrogens is 2. The Labute approximate surface area is 117 Å². The molecule has 0 spiro atoms. The number of nitrogens with one attached hydrogen (secondary N) is 1. The van der Waals surface area contributed by atoms with Crippen molar-refractivity contribution in [1.82, 2.24) is 15.3 Å². The van der Waals surface area contributed by atoms with E-state index < -0.39 is 0 Å². The highest BCUT2D eigenvalue weighted by molar-refractivity contribution is 5.92. The molecule has 0 atom stereocenters. The Bertz CT molecular complexity index is 733. The molecule has 2 aromatic heterocycles. The van der Waals surface area contributed by atoms with Crippen LogP contribution in [-0.4, -0.2) is 16.5 Å². The number of nitrogens with zero attached hydrogens (tertiary/aromatic N) is 2. The molecule has 3 rings (SSSR count). The lowest BCUT2D eigenvalue weighted by molar-refractivity contribution is 0.616. The van der Waals surface area contributed by atoms with Crippen LogP contribution in [0, 0.1) is 6.92 Å². The summed E-state index contributed by atoms with van der Waals surface area (Å²) in [5.74, 6) is 0.812. The summed E-state index contributed by atoms with van der Waals surface area (Å²) in [7, 11) is 0. The van der Waals surface area contributed by atoms with Gasteiger partial charge in [0.25, 0.3) is 0 Å². The number of hydrogen-bond donors (Lipinski definition) is 1. The molecule has 4 nitrogen and oxygen atoms in total. The van der Waals surface area contributed by atoms with Crippen LogP contribution in [0.5, 0.6) is 0 Å². The van der Waals surface area contributed by atoms with Crippen LogP contribution < -0.4 is 5.32 Å². The van der Waals surface area contributed by atoms with Crippen LogP contribution in [0.15, 0.2) is 41.0 Å². The first-order valence-electron chi connectivity index (χ1n) is 6.80. The first-order chi connectivity index (χ1) is 9.78. The maximum absolute atomic E-state index is 5.59. The maximum atomic E-state index is 5.59. The summed E-state index contributed by atoms with van der Waals surface area (Å²) >= 11 is 0. The van der Waals surface area contributed by atoms with Crippen molar-refractivity contribution in [1.29, 1.82) is 0 Å². The number of aryl methyl sites for hydroxylation is 1. The molecule has 0 radical (unpaired) electrons. The van der Waals surface area contributed by atoms with Crippen molar-refractivity contribution in [2.45, 2.75) is 20.4 Å². The second-order valence-corrected chi connectivity index (χ2v) is 4.74. The molecule has 0 bridgehead atoms. The molecule has 0 saturated carbocycles. The van der Waals surface area contributed by atoms with Gasteiger partial charge in [0.05, 0.1) is 12.2 Å². The van der Waals surface area contributed by atoms with E-state index >= 15 is 0 Å². The second kappa shape index (κ2) is 5.43. The highest BCUT2D eigenvalue weighted by atomic mass is 16.3. The van der Waals surface area contributed by atoms with Crippen molar-refractivity contribution in [2.75, 3.05) is 6.54 Å². The van der Waals surface area contributed by atoms with E-state index in [1.54, 1.807) is 6.26 Å². The molecule has 0 amide bonds. The SMILES string of the molecule is CCNCc1nc(C)cc(-c2coc3ccccc23)n1. The van der Waals surface area contributed by atoms with Crippen molar-refractivity contribution >= 4 is 11.0 Å². The molecular weight excluding hydrogens is 250 g/mol. The normalized spacial score (nSPS) is 11.1. The maximum Gasteiger partial charge on any atom is 0.143 e. The first kappa shape index (κ1) is 12.8. The fourth-order valence-electron chi connectivity index (χ4n) is 2.26. The number of hydrogen-bond acceptors (Lipinski definition) is 4. The van der Waals surface area contributed by atoms with Gasteiger partial charge in [-0.1, -0.05) is 25.1 Å². The third-order valence-corrected chi connectivity index (χ3v) is 3.19. The van der Waals surface area contributed by atoms with Gasteiger partial charge in [0.1, 0.15) is 17.7 Å². The molecule has 3 aromatic rings. The average Bonchev–Trinajstić information content (AvgIpc) is 2.88. The molecule has 0 aliphatic carbocycles. The summed E-state index contributed by atoms with van der Waals surface area (Å²) in [4.78, 5) is 9.09. The van der Waals surface area contributed by atoms with E-state index in [0.29, 0.717) is 6.54 Å². The molecule has 0 unspecified atom stereocenters. The minimum Gasteiger partial charge on any atom is -0.464 e. The average molecular weight is 267 g/mol. The zero-order valence-corrected chi connectivity index (χ0v) is 11.7. The van der Waals surface area contributed by atoms with E-state index in [1.165, 1.54) is 0 Å². The van der Waals surface area contributed by atoms with Gasteiger partial charge in [-0.25, -0.2) is 9.97 Å². The second-order valence-electron chi connectivity index (χ2n) is 4.74. The first-order valence-corrected chi connectivity index (χ1v) is 6.80. The highest BCUT2D eigenvalue weighted by Crippen LogP contribution is 2.29. The number of para-hydroxylation sites is 1. The zero-order chi connectivity index (χ0) is 13.9. The Morgan fingerprint density at radius 1 is 1.20 bits per heavy atom. The summed E-state index contributed by atoms with van der Waals surface area (Å²) in [5.41, 5.74) is 3.78. The summed E-state index contributed by atoms with van der Waals surface area (Å²) in [5, 5.41) is 4.34. The van der Waals surface area contributed by atoms with Crippen LogP contribution in [-0.2, 0) is 6.54 Å². The van der Waals surface area contributed by atoms with Gasteiger partial charge in [-0.2, -0.15) is 0 Å². The topological polar surface area (TPSA) is 51.0 Å². The van der Waals surface area contributed by atoms with Crippen molar-refractivity contribution in [3.05, 3.63) is 48.1 Å². The highest BCUT2D eigenvalue weighted by Gasteiger charge is 2.10. The third-order valence-electron chi connectivity index (χ3n) is 3.19. The van der Waals surface area contributed by atoms with E-state index in [9.17, 15) is 0 Å². The number of benzene rings is 1. The molecular formula is C16H17N3O. The van der Waals surface area contributed by atoms with E-state index in [4.69, 9.17) is 4.42 Å². The molecule has 4 heteroatoms. The van der Waals surface area contributed by atoms with Crippen LogP contribution in [0.4, 0.5) is 0 Å². The molecule has 0 saturated heterocycles. The third kappa shape index (κ3) is 2.42. The van der Waals surface area contributed by atoms with Gasteiger partial charge in [0.15, 0.2) is 0 Å². The van der Waals surface area contributed by atoms with Gasteiger partial charge in [-0.3, -0.25) is 0 Å². The summed E-state index contributed by atoms with van der Waals surface area (Å²) < 4.78 is 5.59. The minimum absolute atomic E-state index is 0.682. The lowest BCUT2D eigenvalue weighted by Gasteiger charge is -2.05. The van der Waals surface area contributed by atoms with Gasteiger partial charge >= 0.3 is 0 Å². The van der Waals surface area contributed by atoms with Gasteiger partial charge < -0.3 is 9.73 Å². The van der Waals surface area contributed by atoms with Crippen LogP contribution in [0.2, 0.25) is 0 Å². The lowest BCUT2D eigenvalue weighted by atomic mass is 10.1. The van der Waals surface area contributed by atoms with Gasteiger partial charge in [0, 0.05) is 16.6 Å². The number of furan rings is 1. The van der Waals surface area contributed by atoms with E-state index in [1.807, 2.05) is 31.2 Å². The fraction of sp³-hybridized carbons (Fsp3) is 0.250. The van der Waals surface area contributed by atoms with Crippen LogP contribution in [0.3, 0.4) is 0 Å². The van der Waals surface area contributed by atoms with Crippen LogP contribution in [0.25, 0.3) is 22.2 Å². The number of rotatable bonds is 4. The summed E-state index contributed by atoms with van der Waals surface area (Å²) in [6.45, 7) is 5.64. The van der Waals surface area contributed by atoms with Crippen LogP contribution in [0.1, 0.15) is 18.4 Å². The Balaban J connectivity index is 2.07. The molecule has 2 heterocycles. The van der Waals surface area contributed by atoms with Crippen molar-refractivity contribution < 1.29 is 4.42 Å². The van der Waals surface area contributed by atoms with E-state index in [-0.39, 0.29) is 0 Å². The number of fused-ring (bicyclic) bond motifs is 1. The Kier molecular flexibility index (Phi) is 3.48. The zero-order valence-electron chi connectivity index (χ0n) is 11.7. The van der Waals surface area contributed by atoms with E-state index in [2.05, 4.69) is 28.3 Å². The van der Waals surface area contributed by atoms with Gasteiger partial charge in [-0.15, -0.1) is 0 Å². The van der Waals surface area contributed by atoms with Crippen molar-refractivity contribution in [3.63, 3.8) is 0 Å². The lowest BCUT2D eigenvalue weighted by Crippen LogP contribution is -2.15. The molecule has 1 aromatic carbocycles. The minimum atomic E-state index is 0.682. The summed E-state index contributed by atoms with van der Waals surface area (Å²) in [6.07, 6.45) is 1.77. The Morgan fingerprint density at radius 3 is 2.90 bits per heavy atom. The van der Waals surface area contributed by atoms with Crippen LogP contribution >= 0.6 is 0 Å². The predicted molar refractivity (Wildman–Crippen MR) is 79.4 cm³/mol. The Hall–Kier alpha value is -2.20. The molecule has 0 aliphatic heterocycles. The predicted octanol–water partition coefficient (Wildman–Crippen LogP) is 3.31. The molecule has 0 fully saturated rings. The molecule has 1 N–H and O–H groups in total. The standard InChI is InChI=1S/C16H17N3O/c1-3-17-9-16-18-11(2)8-14(19-16)13-10-20-15-7-5-4-6-12(13)15/h4-8,10,17H,3,9H2,1-2H3. The quantitative estimate of drug-likeness (QED) is 0.788.